The van der Waals surface area contributed by atoms with Gasteiger partial charge in [-0.3, -0.25) is 0 Å². The van der Waals surface area contributed by atoms with E-state index < -0.39 is 11.5 Å². The summed E-state index contributed by atoms with van der Waals surface area (Å²) in [6.45, 7) is 17.1. The van der Waals surface area contributed by atoms with Gasteiger partial charge in [-0.05, 0) is 89.9 Å². The predicted molar refractivity (Wildman–Crippen MR) is 138 cm³/mol. The van der Waals surface area contributed by atoms with E-state index in [0.717, 1.165) is 31.6 Å². The molecule has 3 heteroatoms. The Morgan fingerprint density at radius 3 is 2.32 bits per heavy atom. The van der Waals surface area contributed by atoms with Crippen molar-refractivity contribution < 1.29 is 15.3 Å². The SMILES string of the molecule is C[C@H]1CC[C@@]2(C)C(C1)[C@@](C)(CO)C[C@]1(C)C2C=CC2=C3CC(C)(C)CC[C@]3(CO)[C@@H](O)C[C@]21C. The zero-order valence-electron chi connectivity index (χ0n) is 22.9. The van der Waals surface area contributed by atoms with E-state index in [9.17, 15) is 15.3 Å². The van der Waals surface area contributed by atoms with Crippen molar-refractivity contribution in [3.8, 4) is 0 Å². The average molecular weight is 471 g/mol. The topological polar surface area (TPSA) is 60.7 Å². The molecule has 5 rings (SSSR count). The summed E-state index contributed by atoms with van der Waals surface area (Å²) in [7, 11) is 0. The van der Waals surface area contributed by atoms with E-state index in [1.165, 1.54) is 30.4 Å². The van der Waals surface area contributed by atoms with Crippen LogP contribution in [0.2, 0.25) is 0 Å². The van der Waals surface area contributed by atoms with Crippen LogP contribution in [0, 0.1) is 50.2 Å². The minimum Gasteiger partial charge on any atom is -0.396 e. The Kier molecular flexibility index (Phi) is 5.48. The Bertz CT molecular complexity index is 918. The third-order valence-electron chi connectivity index (χ3n) is 12.6. The van der Waals surface area contributed by atoms with Crippen LogP contribution in [0.5, 0.6) is 0 Å². The summed E-state index contributed by atoms with van der Waals surface area (Å²) in [6, 6.07) is 0. The van der Waals surface area contributed by atoms with Gasteiger partial charge in [0.15, 0.2) is 0 Å². The van der Waals surface area contributed by atoms with Crippen molar-refractivity contribution in [2.45, 2.75) is 106 Å². The standard InChI is InChI=1S/C31H50O3/c1-20-10-11-28(5)23-9-8-21-22-15-26(2,3)12-13-31(22,19-33)25(34)16-29(21,6)30(23,7)17-27(4,18-32)24(28)14-20/h8-9,20,23-25,32-34H,10-19H2,1-7H3/t20-,23?,24?,25-,27+,28+,29+,30+,31+/m0/s1. The summed E-state index contributed by atoms with van der Waals surface area (Å²) in [6.07, 6.45) is 12.7. The monoisotopic (exact) mass is 470 g/mol. The van der Waals surface area contributed by atoms with Crippen molar-refractivity contribution in [3.63, 3.8) is 0 Å². The summed E-state index contributed by atoms with van der Waals surface area (Å²) in [5.74, 6) is 1.69. The fourth-order valence-electron chi connectivity index (χ4n) is 10.4. The molecule has 0 aromatic rings. The molecule has 3 nitrogen and oxygen atoms in total. The highest BCUT2D eigenvalue weighted by Gasteiger charge is 2.69. The molecule has 0 heterocycles. The van der Waals surface area contributed by atoms with E-state index in [1.807, 2.05) is 0 Å². The second-order valence-electron chi connectivity index (χ2n) is 15.3. The Hall–Kier alpha value is -0.640. The third-order valence-corrected chi connectivity index (χ3v) is 12.6. The fourth-order valence-corrected chi connectivity index (χ4v) is 10.4. The van der Waals surface area contributed by atoms with Crippen LogP contribution < -0.4 is 0 Å². The Morgan fingerprint density at radius 2 is 1.68 bits per heavy atom. The van der Waals surface area contributed by atoms with Gasteiger partial charge in [0.1, 0.15) is 0 Å². The molecule has 3 saturated carbocycles. The molecule has 0 aromatic carbocycles. The van der Waals surface area contributed by atoms with Gasteiger partial charge in [0.2, 0.25) is 0 Å². The molecule has 192 valence electrons. The molecular weight excluding hydrogens is 420 g/mol. The van der Waals surface area contributed by atoms with Crippen LogP contribution in [-0.2, 0) is 0 Å². The number of rotatable bonds is 2. The molecule has 3 fully saturated rings. The molecule has 0 aromatic heterocycles. The van der Waals surface area contributed by atoms with Gasteiger partial charge in [-0.25, -0.2) is 0 Å². The van der Waals surface area contributed by atoms with Crippen molar-refractivity contribution in [1.29, 1.82) is 0 Å². The maximum atomic E-state index is 11.8. The summed E-state index contributed by atoms with van der Waals surface area (Å²) in [4.78, 5) is 0. The molecular formula is C31H50O3. The number of fused-ring (bicyclic) bond motifs is 6. The Morgan fingerprint density at radius 1 is 0.971 bits per heavy atom. The molecule has 5 aliphatic carbocycles. The van der Waals surface area contributed by atoms with Crippen LogP contribution in [0.3, 0.4) is 0 Å². The number of hydrogen-bond donors (Lipinski definition) is 3. The number of allylic oxidation sites excluding steroid dienone is 3. The molecule has 9 atom stereocenters. The van der Waals surface area contributed by atoms with E-state index in [4.69, 9.17) is 0 Å². The lowest BCUT2D eigenvalue weighted by Gasteiger charge is -2.71. The van der Waals surface area contributed by atoms with Gasteiger partial charge in [0.05, 0.1) is 12.7 Å². The second-order valence-corrected chi connectivity index (χ2v) is 15.3. The lowest BCUT2D eigenvalue weighted by Crippen LogP contribution is -2.66. The van der Waals surface area contributed by atoms with Gasteiger partial charge < -0.3 is 15.3 Å². The van der Waals surface area contributed by atoms with Gasteiger partial charge >= 0.3 is 0 Å². The Balaban J connectivity index is 1.73. The van der Waals surface area contributed by atoms with Crippen LogP contribution in [-0.4, -0.2) is 34.6 Å². The number of aliphatic hydroxyl groups is 3. The maximum Gasteiger partial charge on any atom is 0.0664 e. The third kappa shape index (κ3) is 2.99. The summed E-state index contributed by atoms with van der Waals surface area (Å²) in [5, 5.41) is 33.3. The highest BCUT2D eigenvalue weighted by molar-refractivity contribution is 5.47. The van der Waals surface area contributed by atoms with Gasteiger partial charge in [-0.1, -0.05) is 72.6 Å². The largest absolute Gasteiger partial charge is 0.396 e. The Labute approximate surface area is 208 Å². The first kappa shape index (κ1) is 25.0. The zero-order valence-corrected chi connectivity index (χ0v) is 22.9. The van der Waals surface area contributed by atoms with Crippen molar-refractivity contribution in [2.75, 3.05) is 13.2 Å². The van der Waals surface area contributed by atoms with E-state index in [2.05, 4.69) is 60.6 Å². The summed E-state index contributed by atoms with van der Waals surface area (Å²) >= 11 is 0. The highest BCUT2D eigenvalue weighted by Crippen LogP contribution is 2.75. The number of hydrogen-bond acceptors (Lipinski definition) is 3. The van der Waals surface area contributed by atoms with Gasteiger partial charge in [-0.2, -0.15) is 0 Å². The van der Waals surface area contributed by atoms with Crippen molar-refractivity contribution in [2.24, 2.45) is 50.2 Å². The van der Waals surface area contributed by atoms with Crippen molar-refractivity contribution in [3.05, 3.63) is 23.3 Å². The zero-order chi connectivity index (χ0) is 24.9. The van der Waals surface area contributed by atoms with Gasteiger partial charge in [-0.15, -0.1) is 0 Å². The molecule has 0 spiro atoms. The molecule has 0 bridgehead atoms. The predicted octanol–water partition coefficient (Wildman–Crippen LogP) is 6.28. The van der Waals surface area contributed by atoms with Crippen LogP contribution >= 0.6 is 0 Å². The van der Waals surface area contributed by atoms with Crippen LogP contribution in [0.1, 0.15) is 99.8 Å². The first-order valence-electron chi connectivity index (χ1n) is 14.0. The molecule has 0 saturated heterocycles. The lowest BCUT2D eigenvalue weighted by atomic mass is 9.33. The van der Waals surface area contributed by atoms with Gasteiger partial charge in [0, 0.05) is 17.4 Å². The fraction of sp³-hybridized carbons (Fsp3) is 0.871. The highest BCUT2D eigenvalue weighted by atomic mass is 16.3. The van der Waals surface area contributed by atoms with E-state index in [1.54, 1.807) is 0 Å². The van der Waals surface area contributed by atoms with E-state index >= 15 is 0 Å². The minimum atomic E-state index is -0.515. The molecule has 0 amide bonds. The maximum absolute atomic E-state index is 11.8. The summed E-state index contributed by atoms with van der Waals surface area (Å²) < 4.78 is 0. The first-order valence-corrected chi connectivity index (χ1v) is 14.0. The van der Waals surface area contributed by atoms with Crippen molar-refractivity contribution >= 4 is 0 Å². The molecule has 0 radical (unpaired) electrons. The quantitative estimate of drug-likeness (QED) is 0.445. The van der Waals surface area contributed by atoms with Crippen LogP contribution in [0.25, 0.3) is 0 Å². The summed E-state index contributed by atoms with van der Waals surface area (Å²) in [5.41, 5.74) is 2.28. The molecule has 34 heavy (non-hydrogen) atoms. The first-order chi connectivity index (χ1) is 15.7. The van der Waals surface area contributed by atoms with Crippen molar-refractivity contribution in [1.82, 2.24) is 0 Å². The van der Waals surface area contributed by atoms with Crippen LogP contribution in [0.4, 0.5) is 0 Å². The normalized spacial score (nSPS) is 54.1. The van der Waals surface area contributed by atoms with E-state index in [-0.39, 0.29) is 40.3 Å². The number of aliphatic hydroxyl groups excluding tert-OH is 3. The second kappa shape index (κ2) is 7.45. The van der Waals surface area contributed by atoms with Gasteiger partial charge in [0.25, 0.3) is 0 Å². The average Bonchev–Trinajstić information content (AvgIpc) is 2.75. The minimum absolute atomic E-state index is 0.0408. The molecule has 3 N–H and O–H groups in total. The smallest absolute Gasteiger partial charge is 0.0664 e. The molecule has 2 unspecified atom stereocenters. The molecule has 0 aliphatic heterocycles. The molecule has 5 aliphatic rings. The van der Waals surface area contributed by atoms with E-state index in [0.29, 0.717) is 18.3 Å². The van der Waals surface area contributed by atoms with Crippen LogP contribution in [0.15, 0.2) is 23.3 Å². The lowest BCUT2D eigenvalue weighted by molar-refractivity contribution is -0.201.